The molecule has 0 fully saturated rings. The summed E-state index contributed by atoms with van der Waals surface area (Å²) < 4.78 is 6.91. The lowest BCUT2D eigenvalue weighted by molar-refractivity contribution is 1.18. The number of benzene rings is 16. The van der Waals surface area contributed by atoms with E-state index in [0.29, 0.717) is 0 Å². The van der Waals surface area contributed by atoms with Crippen molar-refractivity contribution in [1.29, 1.82) is 0 Å². The van der Waals surface area contributed by atoms with E-state index in [9.17, 15) is 0 Å². The van der Waals surface area contributed by atoms with E-state index in [1.165, 1.54) is 166 Å². The molecular weight excluding hydrogens is 1290 g/mol. The second kappa shape index (κ2) is 25.1. The molecule has 2 heterocycles. The third-order valence-electron chi connectivity index (χ3n) is 19.0. The van der Waals surface area contributed by atoms with E-state index in [1.807, 2.05) is 0 Å². The first-order chi connectivity index (χ1) is 47.4. The molecular formula is C92H60Br2N2. The zero-order valence-electron chi connectivity index (χ0n) is 52.3. The van der Waals surface area contributed by atoms with Crippen molar-refractivity contribution in [2.24, 2.45) is 0 Å². The van der Waals surface area contributed by atoms with Gasteiger partial charge in [0.15, 0.2) is 0 Å². The van der Waals surface area contributed by atoms with E-state index in [-0.39, 0.29) is 0 Å². The van der Waals surface area contributed by atoms with Crippen LogP contribution in [0.3, 0.4) is 0 Å². The topological polar surface area (TPSA) is 9.86 Å². The quantitative estimate of drug-likeness (QED) is 0.129. The molecule has 96 heavy (non-hydrogen) atoms. The third-order valence-corrected chi connectivity index (χ3v) is 20.3. The Morgan fingerprint density at radius 2 is 0.479 bits per heavy atom. The fourth-order valence-corrected chi connectivity index (χ4v) is 15.3. The van der Waals surface area contributed by atoms with Crippen LogP contribution in [0, 0.1) is 0 Å². The van der Waals surface area contributed by atoms with E-state index in [4.69, 9.17) is 0 Å². The normalized spacial score (nSPS) is 11.4. The van der Waals surface area contributed by atoms with Crippen molar-refractivity contribution in [2.75, 3.05) is 0 Å². The van der Waals surface area contributed by atoms with Gasteiger partial charge in [-0.3, -0.25) is 0 Å². The van der Waals surface area contributed by atoms with Gasteiger partial charge in [0, 0.05) is 41.9 Å². The summed E-state index contributed by atoms with van der Waals surface area (Å²) in [7, 11) is 0. The number of rotatable bonds is 10. The summed E-state index contributed by atoms with van der Waals surface area (Å²) in [6.07, 6.45) is 0. The van der Waals surface area contributed by atoms with Gasteiger partial charge < -0.3 is 9.13 Å². The van der Waals surface area contributed by atoms with Crippen molar-refractivity contribution >= 4 is 97.0 Å². The minimum absolute atomic E-state index is 1.08. The van der Waals surface area contributed by atoms with Gasteiger partial charge in [0.2, 0.25) is 0 Å². The maximum atomic E-state index is 3.90. The second-order valence-corrected chi connectivity index (χ2v) is 26.3. The molecule has 2 aromatic heterocycles. The van der Waals surface area contributed by atoms with E-state index in [1.54, 1.807) is 0 Å². The number of hydrogen-bond acceptors (Lipinski definition) is 0. The minimum Gasteiger partial charge on any atom is -0.309 e. The van der Waals surface area contributed by atoms with Crippen LogP contribution in [0.5, 0.6) is 0 Å². The van der Waals surface area contributed by atoms with Crippen molar-refractivity contribution in [3.05, 3.63) is 373 Å². The Hall–Kier alpha value is -11.4. The molecule has 16 aromatic carbocycles. The predicted molar refractivity (Wildman–Crippen MR) is 415 cm³/mol. The van der Waals surface area contributed by atoms with Crippen LogP contribution in [0.2, 0.25) is 0 Å². The highest BCUT2D eigenvalue weighted by atomic mass is 79.9. The average Bonchev–Trinajstić information content (AvgIpc) is 1.59. The summed E-state index contributed by atoms with van der Waals surface area (Å²) in [6.45, 7) is 0. The molecule has 0 unspecified atom stereocenters. The van der Waals surface area contributed by atoms with Crippen LogP contribution >= 0.6 is 31.9 Å². The number of hydrogen-bond donors (Lipinski definition) is 0. The lowest BCUT2D eigenvalue weighted by atomic mass is 9.95. The van der Waals surface area contributed by atoms with Crippen molar-refractivity contribution in [3.63, 3.8) is 0 Å². The Bertz CT molecular complexity index is 5930. The highest BCUT2D eigenvalue weighted by Crippen LogP contribution is 2.41. The monoisotopic (exact) mass is 1350 g/mol. The number of para-hydroxylation sites is 4. The summed E-state index contributed by atoms with van der Waals surface area (Å²) in [6, 6.07) is 132. The second-order valence-electron chi connectivity index (χ2n) is 24.6. The maximum Gasteiger partial charge on any atom is 0.0547 e. The lowest BCUT2D eigenvalue weighted by Gasteiger charge is -2.11. The van der Waals surface area contributed by atoms with Gasteiger partial charge in [0.25, 0.3) is 0 Å². The first kappa shape index (κ1) is 58.4. The van der Waals surface area contributed by atoms with Crippen molar-refractivity contribution in [2.45, 2.75) is 0 Å². The molecule has 4 heteroatoms. The Morgan fingerprint density at radius 3 is 0.958 bits per heavy atom. The van der Waals surface area contributed by atoms with Crippen molar-refractivity contribution < 1.29 is 0 Å². The van der Waals surface area contributed by atoms with Gasteiger partial charge >= 0.3 is 0 Å². The molecule has 0 bridgehead atoms. The van der Waals surface area contributed by atoms with Gasteiger partial charge in [0.05, 0.1) is 22.1 Å². The molecule has 0 atom stereocenters. The van der Waals surface area contributed by atoms with Crippen LogP contribution in [0.15, 0.2) is 373 Å². The summed E-state index contributed by atoms with van der Waals surface area (Å²) in [4.78, 5) is 0. The smallest absolute Gasteiger partial charge is 0.0547 e. The van der Waals surface area contributed by atoms with Gasteiger partial charge in [-0.05, 0) is 183 Å². The van der Waals surface area contributed by atoms with Crippen LogP contribution < -0.4 is 0 Å². The maximum absolute atomic E-state index is 3.90. The summed E-state index contributed by atoms with van der Waals surface area (Å²) in [5.41, 5.74) is 26.5. The average molecular weight is 1350 g/mol. The first-order valence-corrected chi connectivity index (χ1v) is 34.2. The largest absolute Gasteiger partial charge is 0.309 e. The highest BCUT2D eigenvalue weighted by Gasteiger charge is 2.17. The molecule has 452 valence electrons. The third kappa shape index (κ3) is 11.0. The summed E-state index contributed by atoms with van der Waals surface area (Å²) in [5, 5.41) is 10.1. The van der Waals surface area contributed by atoms with E-state index in [0.717, 1.165) is 8.95 Å². The molecule has 0 amide bonds. The Morgan fingerprint density at radius 1 is 0.167 bits per heavy atom. The van der Waals surface area contributed by atoms with Gasteiger partial charge in [-0.25, -0.2) is 0 Å². The van der Waals surface area contributed by atoms with Gasteiger partial charge in [-0.15, -0.1) is 0 Å². The summed E-state index contributed by atoms with van der Waals surface area (Å²) in [5.74, 6) is 0. The molecule has 0 aliphatic carbocycles. The molecule has 0 spiro atoms. The van der Waals surface area contributed by atoms with Gasteiger partial charge in [-0.2, -0.15) is 0 Å². The number of nitrogens with zero attached hydrogens (tertiary/aromatic N) is 2. The SMILES string of the molecule is Brc1cc(-c2ccc(-c3cccc4ccccc34)cc2)ccc1-c1ccc(-c2ccc3c4ccccc4n(-c4ccccc4)c3c2)cc1.Brc1cc(-c2ccc3cc(-c4ccccc4)ccc3c2)ccc1-c1ccc(-c2ccc3c4ccccc4n(-c4ccccc4)c3c2)cc1. The van der Waals surface area contributed by atoms with Crippen molar-refractivity contribution in [3.8, 4) is 100 Å². The Balaban J connectivity index is 0.000000145. The molecule has 0 radical (unpaired) electrons. The standard InChI is InChI=1S/2C46H30BrN/c47-44-29-38(37-22-21-35-27-34(19-20-36(35)28-37)31-9-3-1-4-10-31)23-25-41(44)33-17-15-32(16-18-33)39-24-26-43-42-13-7-8-14-45(42)48(46(43)30-39)40-11-5-2-6-12-40;47-44-29-36(31-17-21-34(22-18-31)40-15-8-10-33-9-4-5-13-39(33)40)25-27-41(44)35-23-19-32(20-24-35)37-26-28-43-42-14-6-7-16-45(42)48(46(43)30-37)38-11-2-1-3-12-38/h2*1-30H. The fraction of sp³-hybridized carbons (Fsp3) is 0. The number of halogens is 2. The molecule has 0 N–H and O–H groups in total. The lowest BCUT2D eigenvalue weighted by Crippen LogP contribution is -1.93. The Kier molecular flexibility index (Phi) is 15.3. The van der Waals surface area contributed by atoms with Crippen LogP contribution in [-0.2, 0) is 0 Å². The first-order valence-electron chi connectivity index (χ1n) is 32.6. The van der Waals surface area contributed by atoms with Gasteiger partial charge in [-0.1, -0.05) is 323 Å². The Labute approximate surface area is 575 Å². The fourth-order valence-electron chi connectivity index (χ4n) is 14.1. The molecule has 0 aliphatic heterocycles. The molecule has 18 rings (SSSR count). The van der Waals surface area contributed by atoms with E-state index < -0.39 is 0 Å². The van der Waals surface area contributed by atoms with Crippen LogP contribution in [0.4, 0.5) is 0 Å². The predicted octanol–water partition coefficient (Wildman–Crippen LogP) is 26.7. The zero-order valence-corrected chi connectivity index (χ0v) is 55.5. The van der Waals surface area contributed by atoms with Gasteiger partial charge in [0.1, 0.15) is 0 Å². The molecule has 0 saturated heterocycles. The summed E-state index contributed by atoms with van der Waals surface area (Å²) >= 11 is 7.80. The molecule has 2 nitrogen and oxygen atoms in total. The minimum atomic E-state index is 1.08. The highest BCUT2D eigenvalue weighted by molar-refractivity contribution is 9.11. The van der Waals surface area contributed by atoms with Crippen LogP contribution in [-0.4, -0.2) is 9.13 Å². The molecule has 0 saturated carbocycles. The number of aromatic nitrogens is 2. The molecule has 0 aliphatic rings. The van der Waals surface area contributed by atoms with E-state index >= 15 is 0 Å². The van der Waals surface area contributed by atoms with Crippen molar-refractivity contribution in [1.82, 2.24) is 9.13 Å². The number of fused-ring (bicyclic) bond motifs is 8. The van der Waals surface area contributed by atoms with Crippen LogP contribution in [0.1, 0.15) is 0 Å². The van der Waals surface area contributed by atoms with Crippen LogP contribution in [0.25, 0.3) is 166 Å². The molecule has 18 aromatic rings. The zero-order chi connectivity index (χ0) is 64.1. The van der Waals surface area contributed by atoms with E-state index in [2.05, 4.69) is 405 Å².